The minimum atomic E-state index is -0.0833. The van der Waals surface area contributed by atoms with Crippen LogP contribution in [0.15, 0.2) is 0 Å². The van der Waals surface area contributed by atoms with E-state index in [0.29, 0.717) is 12.0 Å². The highest BCUT2D eigenvalue weighted by Crippen LogP contribution is 2.36. The van der Waals surface area contributed by atoms with Gasteiger partial charge in [0.2, 0.25) is 0 Å². The monoisotopic (exact) mass is 197 g/mol. The Morgan fingerprint density at radius 2 is 1.86 bits per heavy atom. The van der Waals surface area contributed by atoms with E-state index in [2.05, 4.69) is 12.2 Å². The number of carbonyl (C=O) groups is 1. The minimum Gasteiger partial charge on any atom is -0.468 e. The molecule has 2 fully saturated rings. The first-order valence-corrected chi connectivity index (χ1v) is 5.56. The van der Waals surface area contributed by atoms with E-state index in [1.165, 1.54) is 32.8 Å². The summed E-state index contributed by atoms with van der Waals surface area (Å²) in [6.45, 7) is 2.18. The summed E-state index contributed by atoms with van der Waals surface area (Å²) in [6, 6.07) is 0.426. The molecule has 2 atom stereocenters. The molecule has 0 aromatic carbocycles. The van der Waals surface area contributed by atoms with Crippen LogP contribution in [0.25, 0.3) is 0 Å². The fourth-order valence-electron chi connectivity index (χ4n) is 1.97. The average Bonchev–Trinajstić information content (AvgIpc) is 3.05. The van der Waals surface area contributed by atoms with Crippen molar-refractivity contribution in [3.63, 3.8) is 0 Å². The molecular formula is C11H19NO2. The predicted octanol–water partition coefficient (Wildman–Crippen LogP) is 1.33. The van der Waals surface area contributed by atoms with Crippen molar-refractivity contribution in [2.75, 3.05) is 7.11 Å². The molecule has 1 N–H and O–H groups in total. The van der Waals surface area contributed by atoms with Gasteiger partial charge >= 0.3 is 5.97 Å². The highest BCUT2D eigenvalue weighted by Gasteiger charge is 2.39. The van der Waals surface area contributed by atoms with Crippen LogP contribution in [0.1, 0.15) is 32.6 Å². The smallest absolute Gasteiger partial charge is 0.323 e. The summed E-state index contributed by atoms with van der Waals surface area (Å²) >= 11 is 0. The maximum Gasteiger partial charge on any atom is 0.323 e. The molecule has 80 valence electrons. The lowest BCUT2D eigenvalue weighted by molar-refractivity contribution is -0.144. The number of hydrogen-bond acceptors (Lipinski definition) is 3. The van der Waals surface area contributed by atoms with Crippen LogP contribution in [-0.2, 0) is 9.53 Å². The highest BCUT2D eigenvalue weighted by atomic mass is 16.5. The first-order chi connectivity index (χ1) is 6.72. The summed E-state index contributed by atoms with van der Waals surface area (Å²) in [5.74, 6) is 1.24. The standard InChI is InChI=1S/C11H19NO2/c1-7(8-3-4-8)12-10(9-5-6-9)11(13)14-2/h7-10,12H,3-6H2,1-2H3. The first kappa shape index (κ1) is 9.97. The van der Waals surface area contributed by atoms with E-state index >= 15 is 0 Å². The molecular weight excluding hydrogens is 178 g/mol. The number of hydrogen-bond donors (Lipinski definition) is 1. The van der Waals surface area contributed by atoms with E-state index in [4.69, 9.17) is 4.74 Å². The predicted molar refractivity (Wildman–Crippen MR) is 53.8 cm³/mol. The van der Waals surface area contributed by atoms with Gasteiger partial charge in [-0.15, -0.1) is 0 Å². The summed E-state index contributed by atoms with van der Waals surface area (Å²) in [5, 5.41) is 3.42. The van der Waals surface area contributed by atoms with E-state index in [1.807, 2.05) is 0 Å². The number of nitrogens with one attached hydrogen (secondary N) is 1. The lowest BCUT2D eigenvalue weighted by Crippen LogP contribution is -2.45. The maximum atomic E-state index is 11.5. The Bertz CT molecular complexity index is 221. The number of carbonyl (C=O) groups excluding carboxylic acids is 1. The van der Waals surface area contributed by atoms with E-state index in [9.17, 15) is 4.79 Å². The van der Waals surface area contributed by atoms with E-state index < -0.39 is 0 Å². The van der Waals surface area contributed by atoms with Gasteiger partial charge in [-0.2, -0.15) is 0 Å². The van der Waals surface area contributed by atoms with Crippen LogP contribution in [0, 0.1) is 11.8 Å². The Balaban J connectivity index is 1.85. The number of rotatable bonds is 5. The molecule has 3 heteroatoms. The second kappa shape index (κ2) is 3.89. The molecule has 3 nitrogen and oxygen atoms in total. The van der Waals surface area contributed by atoms with Crippen LogP contribution in [0.3, 0.4) is 0 Å². The molecule has 0 aliphatic heterocycles. The fourth-order valence-corrected chi connectivity index (χ4v) is 1.97. The van der Waals surface area contributed by atoms with Crippen molar-refractivity contribution in [1.82, 2.24) is 5.32 Å². The first-order valence-electron chi connectivity index (χ1n) is 5.56. The molecule has 0 amide bonds. The zero-order chi connectivity index (χ0) is 10.1. The Hall–Kier alpha value is -0.570. The van der Waals surface area contributed by atoms with Gasteiger partial charge in [-0.05, 0) is 44.4 Å². The summed E-state index contributed by atoms with van der Waals surface area (Å²) in [7, 11) is 1.47. The van der Waals surface area contributed by atoms with Crippen LogP contribution in [0.5, 0.6) is 0 Å². The molecule has 0 radical (unpaired) electrons. The van der Waals surface area contributed by atoms with E-state index in [1.54, 1.807) is 0 Å². The van der Waals surface area contributed by atoms with Crippen molar-refractivity contribution in [1.29, 1.82) is 0 Å². The molecule has 0 aromatic rings. The number of ether oxygens (including phenoxy) is 1. The van der Waals surface area contributed by atoms with Gasteiger partial charge in [-0.25, -0.2) is 0 Å². The zero-order valence-corrected chi connectivity index (χ0v) is 8.95. The second-order valence-electron chi connectivity index (χ2n) is 4.63. The summed E-state index contributed by atoms with van der Waals surface area (Å²) in [6.07, 6.45) is 4.97. The van der Waals surface area contributed by atoms with Gasteiger partial charge in [0, 0.05) is 6.04 Å². The zero-order valence-electron chi connectivity index (χ0n) is 8.95. The van der Waals surface area contributed by atoms with Crippen molar-refractivity contribution in [3.8, 4) is 0 Å². The Morgan fingerprint density at radius 3 is 2.29 bits per heavy atom. The molecule has 2 aliphatic rings. The van der Waals surface area contributed by atoms with Crippen LogP contribution in [0.4, 0.5) is 0 Å². The minimum absolute atomic E-state index is 0.0457. The largest absolute Gasteiger partial charge is 0.468 e. The lowest BCUT2D eigenvalue weighted by Gasteiger charge is -2.20. The number of esters is 1. The molecule has 0 saturated heterocycles. The molecule has 14 heavy (non-hydrogen) atoms. The highest BCUT2D eigenvalue weighted by molar-refractivity contribution is 5.76. The normalized spacial score (nSPS) is 25.6. The van der Waals surface area contributed by atoms with Crippen molar-refractivity contribution in [2.45, 2.75) is 44.7 Å². The maximum absolute atomic E-state index is 11.5. The van der Waals surface area contributed by atoms with Crippen LogP contribution in [-0.4, -0.2) is 25.2 Å². The summed E-state index contributed by atoms with van der Waals surface area (Å²) in [5.41, 5.74) is 0. The third kappa shape index (κ3) is 2.27. The fraction of sp³-hybridized carbons (Fsp3) is 0.909. The third-order valence-electron chi connectivity index (χ3n) is 3.32. The number of methoxy groups -OCH3 is 1. The Kier molecular flexibility index (Phi) is 2.77. The molecule has 2 saturated carbocycles. The molecule has 0 heterocycles. The summed E-state index contributed by atoms with van der Waals surface area (Å²) < 4.78 is 4.81. The van der Waals surface area contributed by atoms with Crippen LogP contribution in [0.2, 0.25) is 0 Å². The van der Waals surface area contributed by atoms with Gasteiger partial charge in [0.1, 0.15) is 6.04 Å². The molecule has 2 rings (SSSR count). The van der Waals surface area contributed by atoms with Crippen molar-refractivity contribution < 1.29 is 9.53 Å². The van der Waals surface area contributed by atoms with Crippen molar-refractivity contribution in [3.05, 3.63) is 0 Å². The summed E-state index contributed by atoms with van der Waals surface area (Å²) in [4.78, 5) is 11.5. The van der Waals surface area contributed by atoms with Gasteiger partial charge < -0.3 is 10.1 Å². The van der Waals surface area contributed by atoms with Gasteiger partial charge in [-0.3, -0.25) is 4.79 Å². The van der Waals surface area contributed by atoms with Gasteiger partial charge in [0.05, 0.1) is 7.11 Å². The van der Waals surface area contributed by atoms with Gasteiger partial charge in [0.15, 0.2) is 0 Å². The topological polar surface area (TPSA) is 38.3 Å². The third-order valence-corrected chi connectivity index (χ3v) is 3.32. The lowest BCUT2D eigenvalue weighted by atomic mass is 10.1. The van der Waals surface area contributed by atoms with Gasteiger partial charge in [0.25, 0.3) is 0 Å². The van der Waals surface area contributed by atoms with Crippen molar-refractivity contribution in [2.24, 2.45) is 11.8 Å². The molecule has 2 unspecified atom stereocenters. The quantitative estimate of drug-likeness (QED) is 0.676. The van der Waals surface area contributed by atoms with Gasteiger partial charge in [-0.1, -0.05) is 0 Å². The van der Waals surface area contributed by atoms with Crippen LogP contribution >= 0.6 is 0 Å². The molecule has 0 aromatic heterocycles. The van der Waals surface area contributed by atoms with Crippen LogP contribution < -0.4 is 5.32 Å². The molecule has 0 spiro atoms. The van der Waals surface area contributed by atoms with Crippen molar-refractivity contribution >= 4 is 5.97 Å². The second-order valence-corrected chi connectivity index (χ2v) is 4.63. The average molecular weight is 197 g/mol. The van der Waals surface area contributed by atoms with E-state index in [0.717, 1.165) is 5.92 Å². The Labute approximate surface area is 85.2 Å². The molecule has 0 bridgehead atoms. The Morgan fingerprint density at radius 1 is 1.29 bits per heavy atom. The molecule has 2 aliphatic carbocycles. The SMILES string of the molecule is COC(=O)C(NC(C)C1CC1)C1CC1. The van der Waals surface area contributed by atoms with E-state index in [-0.39, 0.29) is 12.0 Å².